The van der Waals surface area contributed by atoms with Crippen LogP contribution in [0.2, 0.25) is 0 Å². The summed E-state index contributed by atoms with van der Waals surface area (Å²) in [7, 11) is 0. The average molecular weight is 844 g/mol. The molecule has 0 amide bonds. The molecule has 6 N–H and O–H groups in total. The Hall–Kier alpha value is -6.16. The van der Waals surface area contributed by atoms with E-state index >= 15 is 0 Å². The molecule has 0 aliphatic heterocycles. The molecular formula is C53H69N3O6. The highest BCUT2D eigenvalue weighted by Gasteiger charge is 2.14. The molecule has 0 fully saturated rings. The first kappa shape index (κ1) is 53.9. The highest BCUT2D eigenvalue weighted by Crippen LogP contribution is 2.29. The van der Waals surface area contributed by atoms with E-state index in [9.17, 15) is 9.59 Å². The number of ketones is 2. The van der Waals surface area contributed by atoms with Crippen LogP contribution in [0.1, 0.15) is 101 Å². The second kappa shape index (κ2) is 28.4. The number of aliphatic imine (C=N–C) groups is 2. The summed E-state index contributed by atoms with van der Waals surface area (Å²) in [6.07, 6.45) is 3.97. The van der Waals surface area contributed by atoms with Crippen LogP contribution in [0.5, 0.6) is 0 Å². The quantitative estimate of drug-likeness (QED) is 0.0208. The fourth-order valence-electron chi connectivity index (χ4n) is 6.92. The summed E-state index contributed by atoms with van der Waals surface area (Å²) in [5, 5.41) is 26.8. The van der Waals surface area contributed by atoms with Crippen LogP contribution in [-0.4, -0.2) is 43.7 Å². The second-order valence-corrected chi connectivity index (χ2v) is 15.4. The third-order valence-corrected chi connectivity index (χ3v) is 9.78. The van der Waals surface area contributed by atoms with Crippen molar-refractivity contribution in [1.29, 1.82) is 0 Å². The van der Waals surface area contributed by atoms with Gasteiger partial charge in [-0.2, -0.15) is 0 Å². The number of Topliss-reactive ketones (excluding diaryl/α,β-unsaturated/α-hetero) is 2. The third kappa shape index (κ3) is 19.5. The Labute approximate surface area is 370 Å². The van der Waals surface area contributed by atoms with E-state index in [1.165, 1.54) is 55.6 Å². The molecule has 0 saturated carbocycles. The van der Waals surface area contributed by atoms with Crippen LogP contribution in [0.4, 0.5) is 17.1 Å². The molecule has 0 aliphatic carbocycles. The van der Waals surface area contributed by atoms with Crippen LogP contribution < -0.4 is 5.73 Å². The normalized spacial score (nSPS) is 10.7. The second-order valence-electron chi connectivity index (χ2n) is 15.4. The first-order valence-corrected chi connectivity index (χ1v) is 20.9. The summed E-state index contributed by atoms with van der Waals surface area (Å²) < 4.78 is 0. The van der Waals surface area contributed by atoms with E-state index in [-0.39, 0.29) is 11.6 Å². The smallest absolute Gasteiger partial charge is 0.266 e. The number of aliphatic hydroxyl groups excluding tert-OH is 1. The van der Waals surface area contributed by atoms with Crippen LogP contribution in [-0.2, 0) is 22.4 Å². The maximum absolute atomic E-state index is 11.2. The standard InChI is InChI=1S/C30H36N2.C12H14O2.C9H13N.C2H4O2.H2O2/c1-8-27(31-29-22(4)16-20(2)17-23(29)5)28(15-14-26-12-10-9-11-13-26)32-30-24(6)18-21(3)19-25(30)7;1-2-11(13)12(14)9-8-10-6-4-3-5-7-10;1-6-4-7(2)9(10)8(3)5-6;1-2(3)4;1-2/h9-13,16-19H,8,14-15H2,1-7H3;3-7H,2,8-9H2,1H3;4-5H,10H2,1-3H3;3-4H,1H2;1-2H. The lowest BCUT2D eigenvalue weighted by atomic mass is 10.0. The summed E-state index contributed by atoms with van der Waals surface area (Å²) in [6, 6.07) is 33.5. The van der Waals surface area contributed by atoms with Crippen molar-refractivity contribution in [2.45, 2.75) is 115 Å². The molecule has 0 atom stereocenters. The van der Waals surface area contributed by atoms with E-state index in [0.29, 0.717) is 19.3 Å². The molecule has 0 aliphatic rings. The Bertz CT molecular complexity index is 2190. The van der Waals surface area contributed by atoms with Gasteiger partial charge in [0.15, 0.2) is 11.6 Å². The molecule has 0 bridgehead atoms. The predicted octanol–water partition coefficient (Wildman–Crippen LogP) is 13.4. The highest BCUT2D eigenvalue weighted by atomic mass is 17.0. The molecule has 5 rings (SSSR count). The largest absolute Gasteiger partial charge is 0.482 e. The number of benzene rings is 5. The van der Waals surface area contributed by atoms with Gasteiger partial charge in [-0.1, -0.05) is 128 Å². The van der Waals surface area contributed by atoms with Gasteiger partial charge in [0.25, 0.3) is 5.95 Å². The minimum absolute atomic E-state index is 0.253. The minimum Gasteiger partial charge on any atom is -0.482 e. The van der Waals surface area contributed by atoms with Gasteiger partial charge in [0.05, 0.1) is 22.8 Å². The number of rotatable bonds is 12. The van der Waals surface area contributed by atoms with Gasteiger partial charge in [0, 0.05) is 18.5 Å². The molecule has 0 heterocycles. The van der Waals surface area contributed by atoms with E-state index in [1.807, 2.05) is 44.2 Å². The van der Waals surface area contributed by atoms with Crippen LogP contribution in [0.3, 0.4) is 0 Å². The zero-order chi connectivity index (χ0) is 46.9. The summed E-state index contributed by atoms with van der Waals surface area (Å²) in [4.78, 5) is 32.6. The summed E-state index contributed by atoms with van der Waals surface area (Å²) in [5.41, 5.74) is 24.5. The van der Waals surface area contributed by atoms with Crippen molar-refractivity contribution < 1.29 is 30.3 Å². The number of carbonyl (C=O) groups excluding carboxylic acids is 2. The van der Waals surface area contributed by atoms with Crippen molar-refractivity contribution in [1.82, 2.24) is 0 Å². The molecule has 5 aromatic carbocycles. The van der Waals surface area contributed by atoms with Gasteiger partial charge in [-0.3, -0.25) is 30.1 Å². The zero-order valence-corrected chi connectivity index (χ0v) is 38.8. The molecule has 0 spiro atoms. The van der Waals surface area contributed by atoms with Crippen molar-refractivity contribution in [2.24, 2.45) is 9.98 Å². The van der Waals surface area contributed by atoms with Crippen molar-refractivity contribution in [2.75, 3.05) is 5.73 Å². The number of carbonyl (C=O) groups is 2. The van der Waals surface area contributed by atoms with E-state index in [4.69, 9.17) is 36.4 Å². The summed E-state index contributed by atoms with van der Waals surface area (Å²) in [6.45, 7) is 25.6. The first-order chi connectivity index (χ1) is 29.4. The van der Waals surface area contributed by atoms with E-state index in [0.717, 1.165) is 53.3 Å². The fraction of sp³-hybridized carbons (Fsp3) is 0.321. The zero-order valence-electron chi connectivity index (χ0n) is 38.8. The van der Waals surface area contributed by atoms with E-state index in [1.54, 1.807) is 6.92 Å². The van der Waals surface area contributed by atoms with Crippen LogP contribution >= 0.6 is 0 Å². The van der Waals surface area contributed by atoms with Crippen LogP contribution in [0, 0.1) is 62.3 Å². The lowest BCUT2D eigenvalue weighted by Gasteiger charge is -2.14. The van der Waals surface area contributed by atoms with Gasteiger partial charge in [-0.25, -0.2) is 0 Å². The van der Waals surface area contributed by atoms with Gasteiger partial charge in [0.1, 0.15) is 0 Å². The topological polar surface area (TPSA) is 166 Å². The Morgan fingerprint density at radius 1 is 0.516 bits per heavy atom. The maximum atomic E-state index is 11.2. The van der Waals surface area contributed by atoms with Gasteiger partial charge in [-0.05, 0) is 139 Å². The molecule has 0 aromatic heterocycles. The molecule has 0 radical (unpaired) electrons. The number of anilines is 1. The molecule has 9 nitrogen and oxygen atoms in total. The average Bonchev–Trinajstić information content (AvgIpc) is 3.23. The highest BCUT2D eigenvalue weighted by molar-refractivity contribution is 6.43. The molecule has 62 heavy (non-hydrogen) atoms. The number of aliphatic hydroxyl groups is 2. The Kier molecular flexibility index (Phi) is 24.7. The van der Waals surface area contributed by atoms with Crippen molar-refractivity contribution in [3.63, 3.8) is 0 Å². The lowest BCUT2D eigenvalue weighted by molar-refractivity contribution is -0.176. The van der Waals surface area contributed by atoms with Gasteiger partial charge in [0.2, 0.25) is 0 Å². The third-order valence-electron chi connectivity index (χ3n) is 9.78. The van der Waals surface area contributed by atoms with E-state index < -0.39 is 5.95 Å². The monoisotopic (exact) mass is 844 g/mol. The van der Waals surface area contributed by atoms with Crippen molar-refractivity contribution >= 4 is 40.1 Å². The molecule has 0 saturated heterocycles. The Morgan fingerprint density at radius 2 is 0.839 bits per heavy atom. The molecule has 332 valence electrons. The van der Waals surface area contributed by atoms with Gasteiger partial charge in [-0.15, -0.1) is 0 Å². The minimum atomic E-state index is -0.833. The van der Waals surface area contributed by atoms with E-state index in [2.05, 4.69) is 129 Å². The molecule has 9 heteroatoms. The number of nitrogens with two attached hydrogens (primary N) is 1. The van der Waals surface area contributed by atoms with Crippen LogP contribution in [0.15, 0.2) is 120 Å². The molecule has 0 unspecified atom stereocenters. The number of nitrogens with zero attached hydrogens (tertiary/aromatic N) is 2. The lowest BCUT2D eigenvalue weighted by Crippen LogP contribution is -2.15. The maximum Gasteiger partial charge on any atom is 0.266 e. The first-order valence-electron chi connectivity index (χ1n) is 20.9. The Balaban J connectivity index is 0.000000523. The summed E-state index contributed by atoms with van der Waals surface area (Å²) in [5.74, 6) is -1.35. The Morgan fingerprint density at radius 3 is 1.18 bits per heavy atom. The van der Waals surface area contributed by atoms with Gasteiger partial charge < -0.3 is 15.9 Å². The number of hydrogen-bond acceptors (Lipinski definition) is 9. The number of aryl methyl sites for hydroxylation is 11. The SMILES string of the molecule is C=C(O)O.CCC(=Nc1c(C)cc(C)cc1C)C(CCc1ccccc1)=Nc1c(C)cc(C)cc1C.CCC(=O)C(=O)CCc1ccccc1.Cc1cc(C)c(N)c(C)c1.OO. The summed E-state index contributed by atoms with van der Waals surface area (Å²) >= 11 is 0. The predicted molar refractivity (Wildman–Crippen MR) is 260 cm³/mol. The van der Waals surface area contributed by atoms with Gasteiger partial charge >= 0.3 is 0 Å². The molecule has 5 aromatic rings. The van der Waals surface area contributed by atoms with Crippen molar-refractivity contribution in [3.05, 3.63) is 171 Å². The van der Waals surface area contributed by atoms with Crippen molar-refractivity contribution in [3.8, 4) is 0 Å². The van der Waals surface area contributed by atoms with Crippen LogP contribution in [0.25, 0.3) is 0 Å². The number of hydrogen-bond donors (Lipinski definition) is 5. The fourth-order valence-corrected chi connectivity index (χ4v) is 6.92. The molecular weight excluding hydrogens is 775 g/mol. The number of nitrogen functional groups attached to an aromatic ring is 1.